The Balaban J connectivity index is 1.65. The molecule has 0 aliphatic heterocycles. The number of thiol groups is 1. The standard InChI is InChI=1S/C16H13F2N3OS/c17-12-5-6-15(14(18)7-12)21-8-13(19-20-21)10-22-9-11-3-1-2-4-16(11)23/h1-8,23H,9-10H2. The molecule has 0 saturated carbocycles. The topological polar surface area (TPSA) is 39.9 Å². The van der Waals surface area contributed by atoms with Gasteiger partial charge in [-0.15, -0.1) is 17.7 Å². The molecule has 0 spiro atoms. The summed E-state index contributed by atoms with van der Waals surface area (Å²) in [5.41, 5.74) is 1.64. The minimum atomic E-state index is -0.702. The number of ether oxygens (including phenoxy) is 1. The third kappa shape index (κ3) is 3.75. The van der Waals surface area contributed by atoms with Crippen LogP contribution in [0.4, 0.5) is 8.78 Å². The minimum Gasteiger partial charge on any atom is -0.370 e. The predicted octanol–water partition coefficient (Wildman–Crippen LogP) is 3.55. The van der Waals surface area contributed by atoms with Gasteiger partial charge in [-0.05, 0) is 23.8 Å². The van der Waals surface area contributed by atoms with Gasteiger partial charge in [-0.25, -0.2) is 13.5 Å². The van der Waals surface area contributed by atoms with Crippen LogP contribution in [0.2, 0.25) is 0 Å². The van der Waals surface area contributed by atoms with Crippen molar-refractivity contribution in [1.82, 2.24) is 15.0 Å². The molecule has 3 rings (SSSR count). The first-order chi connectivity index (χ1) is 11.1. The van der Waals surface area contributed by atoms with Crippen molar-refractivity contribution in [1.29, 1.82) is 0 Å². The SMILES string of the molecule is Fc1ccc(-n2cc(COCc3ccccc3S)nn2)c(F)c1. The molecule has 0 aliphatic rings. The van der Waals surface area contributed by atoms with Gasteiger partial charge in [0.05, 0.1) is 19.4 Å². The Hall–Kier alpha value is -2.25. The number of nitrogens with zero attached hydrogens (tertiary/aromatic N) is 3. The Bertz CT molecular complexity index is 823. The number of hydrogen-bond donors (Lipinski definition) is 1. The summed E-state index contributed by atoms with van der Waals surface area (Å²) in [5, 5.41) is 7.75. The first-order valence-corrected chi connectivity index (χ1v) is 7.29. The Kier molecular flexibility index (Phi) is 4.68. The highest BCUT2D eigenvalue weighted by Crippen LogP contribution is 2.16. The molecule has 0 bridgehead atoms. The second-order valence-electron chi connectivity index (χ2n) is 4.87. The van der Waals surface area contributed by atoms with Crippen molar-refractivity contribution < 1.29 is 13.5 Å². The lowest BCUT2D eigenvalue weighted by Gasteiger charge is -2.04. The lowest BCUT2D eigenvalue weighted by Crippen LogP contribution is -1.99. The van der Waals surface area contributed by atoms with E-state index in [4.69, 9.17) is 4.74 Å². The maximum absolute atomic E-state index is 13.7. The molecule has 118 valence electrons. The Morgan fingerprint density at radius 3 is 2.70 bits per heavy atom. The van der Waals surface area contributed by atoms with Gasteiger partial charge < -0.3 is 4.74 Å². The molecule has 1 aromatic heterocycles. The monoisotopic (exact) mass is 333 g/mol. The zero-order valence-corrected chi connectivity index (χ0v) is 12.9. The number of hydrogen-bond acceptors (Lipinski definition) is 4. The van der Waals surface area contributed by atoms with Crippen LogP contribution in [0.3, 0.4) is 0 Å². The summed E-state index contributed by atoms with van der Waals surface area (Å²) in [4.78, 5) is 0.851. The first-order valence-electron chi connectivity index (χ1n) is 6.85. The first kappa shape index (κ1) is 15.6. The molecule has 0 aliphatic carbocycles. The van der Waals surface area contributed by atoms with Crippen molar-refractivity contribution in [3.8, 4) is 5.69 Å². The summed E-state index contributed by atoms with van der Waals surface area (Å²) in [5.74, 6) is -1.34. The van der Waals surface area contributed by atoms with E-state index in [0.29, 0.717) is 12.3 Å². The highest BCUT2D eigenvalue weighted by molar-refractivity contribution is 7.80. The summed E-state index contributed by atoms with van der Waals surface area (Å²) in [6.45, 7) is 0.613. The van der Waals surface area contributed by atoms with E-state index < -0.39 is 11.6 Å². The van der Waals surface area contributed by atoms with E-state index in [2.05, 4.69) is 22.9 Å². The van der Waals surface area contributed by atoms with Gasteiger partial charge in [0.25, 0.3) is 0 Å². The molecule has 0 unspecified atom stereocenters. The van der Waals surface area contributed by atoms with Crippen molar-refractivity contribution in [3.63, 3.8) is 0 Å². The van der Waals surface area contributed by atoms with Crippen LogP contribution in [0.15, 0.2) is 53.6 Å². The van der Waals surface area contributed by atoms with Gasteiger partial charge in [0.1, 0.15) is 17.2 Å². The molecule has 4 nitrogen and oxygen atoms in total. The van der Waals surface area contributed by atoms with E-state index in [1.807, 2.05) is 24.3 Å². The quantitative estimate of drug-likeness (QED) is 0.726. The van der Waals surface area contributed by atoms with E-state index in [0.717, 1.165) is 16.5 Å². The highest BCUT2D eigenvalue weighted by Gasteiger charge is 2.09. The smallest absolute Gasteiger partial charge is 0.151 e. The fourth-order valence-corrected chi connectivity index (χ4v) is 2.27. The van der Waals surface area contributed by atoms with Crippen molar-refractivity contribution in [2.24, 2.45) is 0 Å². The van der Waals surface area contributed by atoms with Crippen LogP contribution in [-0.2, 0) is 18.0 Å². The van der Waals surface area contributed by atoms with Crippen molar-refractivity contribution in [2.75, 3.05) is 0 Å². The van der Waals surface area contributed by atoms with Gasteiger partial charge in [-0.1, -0.05) is 23.4 Å². The van der Waals surface area contributed by atoms with Crippen LogP contribution in [-0.4, -0.2) is 15.0 Å². The number of halogens is 2. The van der Waals surface area contributed by atoms with Gasteiger partial charge in [-0.3, -0.25) is 0 Å². The van der Waals surface area contributed by atoms with Crippen molar-refractivity contribution in [3.05, 3.63) is 71.6 Å². The molecule has 3 aromatic rings. The third-order valence-corrected chi connectivity index (χ3v) is 3.63. The maximum Gasteiger partial charge on any atom is 0.151 e. The van der Waals surface area contributed by atoms with Crippen LogP contribution >= 0.6 is 12.6 Å². The van der Waals surface area contributed by atoms with Gasteiger partial charge in [-0.2, -0.15) is 0 Å². The van der Waals surface area contributed by atoms with Crippen LogP contribution < -0.4 is 0 Å². The second-order valence-corrected chi connectivity index (χ2v) is 5.35. The summed E-state index contributed by atoms with van der Waals surface area (Å²) >= 11 is 4.35. The zero-order chi connectivity index (χ0) is 16.2. The van der Waals surface area contributed by atoms with Gasteiger partial charge in [0, 0.05) is 11.0 Å². The summed E-state index contributed by atoms with van der Waals surface area (Å²) in [6.07, 6.45) is 1.54. The predicted molar refractivity (Wildman–Crippen MR) is 83.5 cm³/mol. The van der Waals surface area contributed by atoms with Gasteiger partial charge >= 0.3 is 0 Å². The van der Waals surface area contributed by atoms with E-state index in [1.54, 1.807) is 6.20 Å². The minimum absolute atomic E-state index is 0.130. The molecule has 23 heavy (non-hydrogen) atoms. The molecule has 0 N–H and O–H groups in total. The van der Waals surface area contributed by atoms with Crippen LogP contribution in [0.1, 0.15) is 11.3 Å². The Morgan fingerprint density at radius 2 is 1.91 bits per heavy atom. The molecule has 0 amide bonds. The molecule has 0 fully saturated rings. The van der Waals surface area contributed by atoms with Crippen molar-refractivity contribution >= 4 is 12.6 Å². The molecular weight excluding hydrogens is 320 g/mol. The lowest BCUT2D eigenvalue weighted by atomic mass is 10.2. The second kappa shape index (κ2) is 6.89. The molecule has 0 atom stereocenters. The zero-order valence-electron chi connectivity index (χ0n) is 12.0. The maximum atomic E-state index is 13.7. The van der Waals surface area contributed by atoms with Crippen molar-refractivity contribution in [2.45, 2.75) is 18.1 Å². The Labute approximate surface area is 137 Å². The molecule has 7 heteroatoms. The lowest BCUT2D eigenvalue weighted by molar-refractivity contribution is 0.103. The van der Waals surface area contributed by atoms with Crippen LogP contribution in [0.5, 0.6) is 0 Å². The van der Waals surface area contributed by atoms with Crippen LogP contribution in [0, 0.1) is 11.6 Å². The van der Waals surface area contributed by atoms with E-state index in [1.165, 1.54) is 16.8 Å². The van der Waals surface area contributed by atoms with Gasteiger partial charge in [0.2, 0.25) is 0 Å². The number of benzene rings is 2. The van der Waals surface area contributed by atoms with Crippen LogP contribution in [0.25, 0.3) is 5.69 Å². The average molecular weight is 333 g/mol. The molecular formula is C16H13F2N3OS. The molecule has 1 heterocycles. The highest BCUT2D eigenvalue weighted by atomic mass is 32.1. The fourth-order valence-electron chi connectivity index (χ4n) is 2.05. The van der Waals surface area contributed by atoms with Gasteiger partial charge in [0.15, 0.2) is 5.82 Å². The van der Waals surface area contributed by atoms with E-state index >= 15 is 0 Å². The summed E-state index contributed by atoms with van der Waals surface area (Å²) in [7, 11) is 0. The number of rotatable bonds is 5. The Morgan fingerprint density at radius 1 is 1.09 bits per heavy atom. The van der Waals surface area contributed by atoms with E-state index in [-0.39, 0.29) is 12.3 Å². The van der Waals surface area contributed by atoms with E-state index in [9.17, 15) is 8.78 Å². The summed E-state index contributed by atoms with van der Waals surface area (Å²) < 4.78 is 33.4. The largest absolute Gasteiger partial charge is 0.370 e. The average Bonchev–Trinajstić information content (AvgIpc) is 2.98. The molecule has 0 saturated heterocycles. The number of aromatic nitrogens is 3. The fraction of sp³-hybridized carbons (Fsp3) is 0.125. The molecule has 2 aromatic carbocycles. The third-order valence-electron chi connectivity index (χ3n) is 3.20. The molecule has 0 radical (unpaired) electrons. The summed E-state index contributed by atoms with van der Waals surface area (Å²) in [6, 6.07) is 10.9. The normalized spacial score (nSPS) is 10.9.